The van der Waals surface area contributed by atoms with Gasteiger partial charge in [-0.05, 0) is 47.5 Å². The lowest BCUT2D eigenvalue weighted by atomic mass is 9.96. The second kappa shape index (κ2) is 10.0. The molecule has 1 aliphatic heterocycles. The molecule has 31 heavy (non-hydrogen) atoms. The highest BCUT2D eigenvalue weighted by atomic mass is 32.2. The summed E-state index contributed by atoms with van der Waals surface area (Å²) in [5, 5.41) is 0. The Labute approximate surface area is 184 Å². The van der Waals surface area contributed by atoms with Crippen LogP contribution in [-0.2, 0) is 4.79 Å². The molecule has 1 aromatic heterocycles. The van der Waals surface area contributed by atoms with Crippen LogP contribution in [0.3, 0.4) is 0 Å². The zero-order chi connectivity index (χ0) is 21.6. The molecule has 1 fully saturated rings. The first-order valence-corrected chi connectivity index (χ1v) is 11.1. The van der Waals surface area contributed by atoms with E-state index in [0.717, 1.165) is 16.0 Å². The molecule has 1 saturated heterocycles. The molecule has 0 N–H and O–H groups in total. The van der Waals surface area contributed by atoms with Crippen molar-refractivity contribution in [2.24, 2.45) is 0 Å². The standard InChI is InChI=1S/C24H23F2N3OS/c25-20-5-1-18(2-6-20)24(19-3-7-21(26)8-4-19)29-15-13-28(14-16-29)23(30)17-31-22-9-11-27-12-10-22/h1-12,24H,13-17H2. The number of hydrogen-bond acceptors (Lipinski definition) is 4. The van der Waals surface area contributed by atoms with Gasteiger partial charge < -0.3 is 4.90 Å². The first kappa shape index (κ1) is 21.5. The summed E-state index contributed by atoms with van der Waals surface area (Å²) in [6, 6.07) is 16.5. The fraction of sp³-hybridized carbons (Fsp3) is 0.250. The third-order valence-corrected chi connectivity index (χ3v) is 6.41. The number of carbonyl (C=O) groups is 1. The molecule has 1 aliphatic rings. The molecule has 0 atom stereocenters. The maximum atomic E-state index is 13.5. The number of aromatic nitrogens is 1. The molecule has 0 aliphatic carbocycles. The van der Waals surface area contributed by atoms with Gasteiger partial charge in [-0.1, -0.05) is 24.3 Å². The fourth-order valence-electron chi connectivity index (χ4n) is 3.80. The highest BCUT2D eigenvalue weighted by Crippen LogP contribution is 2.30. The van der Waals surface area contributed by atoms with Gasteiger partial charge in [0.15, 0.2) is 0 Å². The Kier molecular flexibility index (Phi) is 6.94. The van der Waals surface area contributed by atoms with Crippen molar-refractivity contribution >= 4 is 17.7 Å². The fourth-order valence-corrected chi connectivity index (χ4v) is 4.59. The molecule has 0 spiro atoms. The molecular weight excluding hydrogens is 416 g/mol. The van der Waals surface area contributed by atoms with Crippen molar-refractivity contribution in [1.82, 2.24) is 14.8 Å². The topological polar surface area (TPSA) is 36.4 Å². The first-order chi connectivity index (χ1) is 15.1. The van der Waals surface area contributed by atoms with E-state index >= 15 is 0 Å². The molecule has 0 saturated carbocycles. The number of halogens is 2. The van der Waals surface area contributed by atoms with Crippen LogP contribution < -0.4 is 0 Å². The summed E-state index contributed by atoms with van der Waals surface area (Å²) in [4.78, 5) is 21.8. The number of pyridine rings is 1. The Hall–Kier alpha value is -2.77. The molecule has 4 nitrogen and oxygen atoms in total. The van der Waals surface area contributed by atoms with Crippen LogP contribution in [0.4, 0.5) is 8.78 Å². The molecule has 7 heteroatoms. The van der Waals surface area contributed by atoms with Gasteiger partial charge in [0.2, 0.25) is 5.91 Å². The molecule has 2 aromatic carbocycles. The van der Waals surface area contributed by atoms with Crippen molar-refractivity contribution in [3.05, 3.63) is 95.8 Å². The van der Waals surface area contributed by atoms with Gasteiger partial charge in [0.25, 0.3) is 0 Å². The summed E-state index contributed by atoms with van der Waals surface area (Å²) >= 11 is 1.51. The average molecular weight is 440 g/mol. The molecular formula is C24H23F2N3OS. The number of hydrogen-bond donors (Lipinski definition) is 0. The summed E-state index contributed by atoms with van der Waals surface area (Å²) in [5.74, 6) is -0.0716. The number of amides is 1. The third-order valence-electron chi connectivity index (χ3n) is 5.42. The summed E-state index contributed by atoms with van der Waals surface area (Å²) < 4.78 is 26.9. The first-order valence-electron chi connectivity index (χ1n) is 10.2. The van der Waals surface area contributed by atoms with E-state index in [1.54, 1.807) is 36.7 Å². The Morgan fingerprint density at radius 3 is 1.87 bits per heavy atom. The average Bonchev–Trinajstić information content (AvgIpc) is 2.81. The lowest BCUT2D eigenvalue weighted by molar-refractivity contribution is -0.130. The Bertz CT molecular complexity index is 946. The summed E-state index contributed by atoms with van der Waals surface area (Å²) in [7, 11) is 0. The zero-order valence-corrected chi connectivity index (χ0v) is 17.8. The number of piperazine rings is 1. The van der Waals surface area contributed by atoms with Gasteiger partial charge >= 0.3 is 0 Å². The minimum absolute atomic E-state index is 0.113. The van der Waals surface area contributed by atoms with E-state index in [1.165, 1.54) is 36.0 Å². The second-order valence-electron chi connectivity index (χ2n) is 7.39. The molecule has 2 heterocycles. The van der Waals surface area contributed by atoms with Crippen LogP contribution in [0.5, 0.6) is 0 Å². The maximum absolute atomic E-state index is 13.5. The molecule has 0 bridgehead atoms. The number of benzene rings is 2. The van der Waals surface area contributed by atoms with Gasteiger partial charge in [-0.2, -0.15) is 0 Å². The quantitative estimate of drug-likeness (QED) is 0.534. The van der Waals surface area contributed by atoms with E-state index in [9.17, 15) is 13.6 Å². The van der Waals surface area contributed by atoms with Gasteiger partial charge in [-0.25, -0.2) is 8.78 Å². The Balaban J connectivity index is 1.43. The highest BCUT2D eigenvalue weighted by molar-refractivity contribution is 8.00. The lowest BCUT2D eigenvalue weighted by Crippen LogP contribution is -2.50. The number of nitrogens with zero attached hydrogens (tertiary/aromatic N) is 3. The normalized spacial score (nSPS) is 14.7. The van der Waals surface area contributed by atoms with Crippen molar-refractivity contribution < 1.29 is 13.6 Å². The largest absolute Gasteiger partial charge is 0.339 e. The van der Waals surface area contributed by atoms with E-state index in [2.05, 4.69) is 9.88 Å². The van der Waals surface area contributed by atoms with Crippen LogP contribution in [0, 0.1) is 11.6 Å². The maximum Gasteiger partial charge on any atom is 0.233 e. The van der Waals surface area contributed by atoms with Crippen molar-refractivity contribution in [1.29, 1.82) is 0 Å². The molecule has 160 valence electrons. The van der Waals surface area contributed by atoms with E-state index in [0.29, 0.717) is 31.9 Å². The predicted octanol–water partition coefficient (Wildman–Crippen LogP) is 4.39. The Morgan fingerprint density at radius 1 is 0.839 bits per heavy atom. The van der Waals surface area contributed by atoms with Gasteiger partial charge in [0.05, 0.1) is 11.8 Å². The Morgan fingerprint density at radius 2 is 1.35 bits per heavy atom. The molecule has 0 radical (unpaired) electrons. The number of rotatable bonds is 6. The van der Waals surface area contributed by atoms with Crippen molar-refractivity contribution in [3.8, 4) is 0 Å². The van der Waals surface area contributed by atoms with Crippen molar-refractivity contribution in [2.45, 2.75) is 10.9 Å². The van der Waals surface area contributed by atoms with Gasteiger partial charge in [-0.3, -0.25) is 14.7 Å². The summed E-state index contributed by atoms with van der Waals surface area (Å²) in [6.07, 6.45) is 3.44. The van der Waals surface area contributed by atoms with Crippen LogP contribution in [0.15, 0.2) is 78.0 Å². The highest BCUT2D eigenvalue weighted by Gasteiger charge is 2.28. The number of thioether (sulfide) groups is 1. The van der Waals surface area contributed by atoms with Crippen LogP contribution >= 0.6 is 11.8 Å². The predicted molar refractivity (Wildman–Crippen MR) is 118 cm³/mol. The van der Waals surface area contributed by atoms with Crippen molar-refractivity contribution in [2.75, 3.05) is 31.9 Å². The second-order valence-corrected chi connectivity index (χ2v) is 8.44. The molecule has 4 rings (SSSR count). The summed E-state index contributed by atoms with van der Waals surface area (Å²) in [5.41, 5.74) is 1.89. The van der Waals surface area contributed by atoms with Crippen LogP contribution in [-0.4, -0.2) is 52.6 Å². The third kappa shape index (κ3) is 5.48. The molecule has 3 aromatic rings. The number of carbonyl (C=O) groups excluding carboxylic acids is 1. The monoisotopic (exact) mass is 439 g/mol. The van der Waals surface area contributed by atoms with Crippen LogP contribution in [0.1, 0.15) is 17.2 Å². The summed E-state index contributed by atoms with van der Waals surface area (Å²) in [6.45, 7) is 2.61. The van der Waals surface area contributed by atoms with E-state index < -0.39 is 0 Å². The minimum atomic E-state index is -0.288. The van der Waals surface area contributed by atoms with E-state index in [1.807, 2.05) is 17.0 Å². The van der Waals surface area contributed by atoms with Gasteiger partial charge in [-0.15, -0.1) is 11.8 Å². The van der Waals surface area contributed by atoms with Crippen LogP contribution in [0.25, 0.3) is 0 Å². The van der Waals surface area contributed by atoms with Crippen molar-refractivity contribution in [3.63, 3.8) is 0 Å². The smallest absolute Gasteiger partial charge is 0.233 e. The van der Waals surface area contributed by atoms with E-state index in [-0.39, 0.29) is 23.6 Å². The van der Waals surface area contributed by atoms with Gasteiger partial charge in [0, 0.05) is 43.5 Å². The van der Waals surface area contributed by atoms with Crippen LogP contribution in [0.2, 0.25) is 0 Å². The minimum Gasteiger partial charge on any atom is -0.339 e. The molecule has 0 unspecified atom stereocenters. The zero-order valence-electron chi connectivity index (χ0n) is 17.0. The lowest BCUT2D eigenvalue weighted by Gasteiger charge is -2.39. The van der Waals surface area contributed by atoms with E-state index in [4.69, 9.17) is 0 Å². The molecule has 1 amide bonds. The SMILES string of the molecule is O=C(CSc1ccncc1)N1CCN(C(c2ccc(F)cc2)c2ccc(F)cc2)CC1. The van der Waals surface area contributed by atoms with Gasteiger partial charge in [0.1, 0.15) is 11.6 Å².